The molecule has 3 unspecified atom stereocenters. The molecule has 0 aromatic carbocycles. The Kier molecular flexibility index (Phi) is 2.96. The van der Waals surface area contributed by atoms with E-state index in [4.69, 9.17) is 11.6 Å². The van der Waals surface area contributed by atoms with Gasteiger partial charge in [0.2, 0.25) is 0 Å². The summed E-state index contributed by atoms with van der Waals surface area (Å²) in [6, 6.07) is 0. The summed E-state index contributed by atoms with van der Waals surface area (Å²) in [6.07, 6.45) is 7.49. The molecule has 0 aromatic rings. The van der Waals surface area contributed by atoms with Gasteiger partial charge in [-0.2, -0.15) is 0 Å². The third-order valence-corrected chi connectivity index (χ3v) is 4.91. The zero-order chi connectivity index (χ0) is 12.0. The van der Waals surface area contributed by atoms with Crippen LogP contribution in [0.1, 0.15) is 39.5 Å². The minimum atomic E-state index is -0.351. The Labute approximate surface area is 103 Å². The quantitative estimate of drug-likeness (QED) is 0.506. The van der Waals surface area contributed by atoms with Gasteiger partial charge in [-0.15, -0.1) is 11.6 Å². The van der Waals surface area contributed by atoms with Crippen molar-refractivity contribution in [2.24, 2.45) is 10.8 Å². The van der Waals surface area contributed by atoms with Crippen LogP contribution in [0.25, 0.3) is 0 Å². The maximum atomic E-state index is 10.5. The summed E-state index contributed by atoms with van der Waals surface area (Å²) in [6.45, 7) is 8.58. The van der Waals surface area contributed by atoms with E-state index >= 15 is 0 Å². The van der Waals surface area contributed by atoms with Crippen molar-refractivity contribution >= 4 is 11.6 Å². The van der Waals surface area contributed by atoms with E-state index in [1.165, 1.54) is 0 Å². The van der Waals surface area contributed by atoms with Crippen molar-refractivity contribution in [3.63, 3.8) is 0 Å². The predicted molar refractivity (Wildman–Crippen MR) is 68.6 cm³/mol. The smallest absolute Gasteiger partial charge is 0.0656 e. The van der Waals surface area contributed by atoms with Gasteiger partial charge in [-0.1, -0.05) is 38.2 Å². The highest BCUT2D eigenvalue weighted by atomic mass is 35.5. The number of allylic oxidation sites excluding steroid dienone is 2. The van der Waals surface area contributed by atoms with Gasteiger partial charge in [-0.3, -0.25) is 0 Å². The predicted octanol–water partition coefficient (Wildman–Crippen LogP) is 3.67. The van der Waals surface area contributed by atoms with Crippen LogP contribution in [-0.2, 0) is 0 Å². The van der Waals surface area contributed by atoms with Crippen molar-refractivity contribution in [1.82, 2.24) is 0 Å². The summed E-state index contributed by atoms with van der Waals surface area (Å²) in [7, 11) is 0. The highest BCUT2D eigenvalue weighted by Gasteiger charge is 2.51. The van der Waals surface area contributed by atoms with E-state index in [1.807, 2.05) is 6.08 Å². The number of hydrogen-bond acceptors (Lipinski definition) is 1. The topological polar surface area (TPSA) is 20.2 Å². The molecule has 1 nitrogen and oxygen atoms in total. The number of aliphatic hydroxyl groups is 1. The minimum Gasteiger partial charge on any atom is -0.392 e. The fraction of sp³-hybridized carbons (Fsp3) is 0.714. The highest BCUT2D eigenvalue weighted by molar-refractivity contribution is 6.22. The molecular formula is C14H21ClO. The number of aliphatic hydroxyl groups excluding tert-OH is 1. The summed E-state index contributed by atoms with van der Waals surface area (Å²) in [5.74, 6) is 0. The van der Waals surface area contributed by atoms with Crippen LogP contribution in [0.15, 0.2) is 24.3 Å². The van der Waals surface area contributed by atoms with Crippen LogP contribution in [-0.4, -0.2) is 16.6 Å². The molecule has 16 heavy (non-hydrogen) atoms. The largest absolute Gasteiger partial charge is 0.392 e. The fourth-order valence-electron chi connectivity index (χ4n) is 3.14. The molecule has 3 atom stereocenters. The summed E-state index contributed by atoms with van der Waals surface area (Å²) < 4.78 is 0. The van der Waals surface area contributed by atoms with Gasteiger partial charge in [0, 0.05) is 5.41 Å². The lowest BCUT2D eigenvalue weighted by atomic mass is 9.57. The van der Waals surface area contributed by atoms with Gasteiger partial charge in [0.25, 0.3) is 0 Å². The maximum absolute atomic E-state index is 10.5. The van der Waals surface area contributed by atoms with Crippen LogP contribution in [0.5, 0.6) is 0 Å². The van der Waals surface area contributed by atoms with E-state index in [0.29, 0.717) is 0 Å². The molecule has 0 amide bonds. The second kappa shape index (κ2) is 3.89. The molecule has 0 saturated heterocycles. The molecule has 2 aliphatic carbocycles. The van der Waals surface area contributed by atoms with Crippen LogP contribution < -0.4 is 0 Å². The molecule has 2 aliphatic rings. The van der Waals surface area contributed by atoms with Gasteiger partial charge < -0.3 is 5.11 Å². The Bertz CT molecular complexity index is 332. The third-order valence-electron chi connectivity index (χ3n) is 4.38. The molecule has 0 aromatic heterocycles. The second-order valence-electron chi connectivity index (χ2n) is 6.06. The summed E-state index contributed by atoms with van der Waals surface area (Å²) >= 11 is 6.43. The molecule has 1 saturated carbocycles. The van der Waals surface area contributed by atoms with Crippen molar-refractivity contribution < 1.29 is 5.11 Å². The van der Waals surface area contributed by atoms with E-state index in [-0.39, 0.29) is 22.3 Å². The average Bonchev–Trinajstić information content (AvgIpc) is 2.15. The number of halogens is 1. The molecule has 0 aliphatic heterocycles. The average molecular weight is 241 g/mol. The Balaban J connectivity index is 2.31. The first-order chi connectivity index (χ1) is 7.38. The van der Waals surface area contributed by atoms with Crippen LogP contribution in [0.4, 0.5) is 0 Å². The van der Waals surface area contributed by atoms with Crippen molar-refractivity contribution in [2.75, 3.05) is 0 Å². The van der Waals surface area contributed by atoms with Crippen LogP contribution in [0.3, 0.4) is 0 Å². The molecule has 0 heterocycles. The highest BCUT2D eigenvalue weighted by Crippen LogP contribution is 2.54. The second-order valence-corrected chi connectivity index (χ2v) is 6.53. The van der Waals surface area contributed by atoms with Crippen LogP contribution in [0, 0.1) is 10.8 Å². The molecule has 1 N–H and O–H groups in total. The van der Waals surface area contributed by atoms with Gasteiger partial charge in [0.1, 0.15) is 0 Å². The van der Waals surface area contributed by atoms with E-state index in [0.717, 1.165) is 31.3 Å². The Morgan fingerprint density at radius 3 is 2.69 bits per heavy atom. The minimum absolute atomic E-state index is 0.0974. The zero-order valence-electron chi connectivity index (χ0n) is 10.2. The molecule has 2 heteroatoms. The van der Waals surface area contributed by atoms with Gasteiger partial charge >= 0.3 is 0 Å². The Morgan fingerprint density at radius 1 is 1.44 bits per heavy atom. The first kappa shape index (κ1) is 12.2. The molecule has 0 radical (unpaired) electrons. The van der Waals surface area contributed by atoms with Gasteiger partial charge in [0.05, 0.1) is 11.5 Å². The molecule has 1 spiro atoms. The van der Waals surface area contributed by atoms with Gasteiger partial charge in [-0.25, -0.2) is 0 Å². The van der Waals surface area contributed by atoms with Crippen molar-refractivity contribution in [3.05, 3.63) is 24.3 Å². The lowest BCUT2D eigenvalue weighted by Gasteiger charge is -2.51. The fourth-order valence-corrected chi connectivity index (χ4v) is 3.65. The van der Waals surface area contributed by atoms with Crippen LogP contribution in [0.2, 0.25) is 0 Å². The van der Waals surface area contributed by atoms with Crippen molar-refractivity contribution in [3.8, 4) is 0 Å². The summed E-state index contributed by atoms with van der Waals surface area (Å²) in [5, 5.41) is 10.4. The van der Waals surface area contributed by atoms with E-state index in [2.05, 4.69) is 26.5 Å². The Morgan fingerprint density at radius 2 is 2.12 bits per heavy atom. The third kappa shape index (κ3) is 1.74. The lowest BCUT2D eigenvalue weighted by molar-refractivity contribution is -0.0307. The first-order valence-corrected chi connectivity index (χ1v) is 6.49. The molecular weight excluding hydrogens is 220 g/mol. The zero-order valence-corrected chi connectivity index (χ0v) is 10.9. The van der Waals surface area contributed by atoms with E-state index in [9.17, 15) is 5.11 Å². The number of hydrogen-bond donors (Lipinski definition) is 1. The molecule has 1 fully saturated rings. The van der Waals surface area contributed by atoms with E-state index < -0.39 is 0 Å². The SMILES string of the molecule is C=C1CC=CC(Cl)C12CCC(C)(C)CC2O. The molecule has 0 bridgehead atoms. The van der Waals surface area contributed by atoms with Gasteiger partial charge in [0.15, 0.2) is 0 Å². The normalized spacial score (nSPS) is 42.6. The van der Waals surface area contributed by atoms with E-state index in [1.54, 1.807) is 0 Å². The van der Waals surface area contributed by atoms with Crippen molar-refractivity contribution in [2.45, 2.75) is 51.0 Å². The standard InChI is InChI=1S/C14H21ClO/c1-10-5-4-6-11(15)14(10)8-7-13(2,3)9-12(14)16/h4,6,11-12,16H,1,5,7-9H2,2-3H3. The maximum Gasteiger partial charge on any atom is 0.0656 e. The summed E-state index contributed by atoms with van der Waals surface area (Å²) in [4.78, 5) is 0. The number of alkyl halides is 1. The van der Waals surface area contributed by atoms with Crippen LogP contribution >= 0.6 is 11.6 Å². The van der Waals surface area contributed by atoms with Gasteiger partial charge in [-0.05, 0) is 31.1 Å². The van der Waals surface area contributed by atoms with Crippen molar-refractivity contribution in [1.29, 1.82) is 0 Å². The number of rotatable bonds is 0. The first-order valence-electron chi connectivity index (χ1n) is 6.05. The molecule has 2 rings (SSSR count). The Hall–Kier alpha value is -0.270. The lowest BCUT2D eigenvalue weighted by Crippen LogP contribution is -2.50. The summed E-state index contributed by atoms with van der Waals surface area (Å²) in [5.41, 5.74) is 1.06. The monoisotopic (exact) mass is 240 g/mol. The molecule has 90 valence electrons.